The molecule has 0 spiro atoms. The van der Waals surface area contributed by atoms with Crippen LogP contribution in [0.1, 0.15) is 129 Å². The lowest BCUT2D eigenvalue weighted by Gasteiger charge is -2.72. The van der Waals surface area contributed by atoms with Crippen molar-refractivity contribution < 1.29 is 14.7 Å². The Morgan fingerprint density at radius 3 is 2.22 bits per heavy atom. The summed E-state index contributed by atoms with van der Waals surface area (Å²) in [4.78, 5) is 25.7. The van der Waals surface area contributed by atoms with Crippen LogP contribution in [-0.4, -0.2) is 23.5 Å². The maximum atomic E-state index is 13.0. The predicted molar refractivity (Wildman–Crippen MR) is 184 cm³/mol. The predicted octanol–water partition coefficient (Wildman–Crippen LogP) is 9.81. The minimum atomic E-state index is -0.562. The van der Waals surface area contributed by atoms with Crippen LogP contribution < -0.4 is 5.32 Å². The molecule has 0 heterocycles. The second-order valence-corrected chi connectivity index (χ2v) is 17.9. The second kappa shape index (κ2) is 10.8. The number of amides is 1. The van der Waals surface area contributed by atoms with E-state index in [1.807, 2.05) is 12.1 Å². The molecule has 4 heteroatoms. The zero-order valence-electron chi connectivity index (χ0n) is 29.4. The molecule has 1 aromatic rings. The zero-order chi connectivity index (χ0) is 32.7. The van der Waals surface area contributed by atoms with Gasteiger partial charge in [-0.3, -0.25) is 9.59 Å². The van der Waals surface area contributed by atoms with Gasteiger partial charge in [-0.1, -0.05) is 78.8 Å². The summed E-state index contributed by atoms with van der Waals surface area (Å²) in [6.07, 6.45) is 12.1. The van der Waals surface area contributed by atoms with Crippen molar-refractivity contribution in [3.05, 3.63) is 53.6 Å². The molecule has 4 fully saturated rings. The molecule has 0 unspecified atom stereocenters. The van der Waals surface area contributed by atoms with Gasteiger partial charge in [-0.05, 0) is 145 Å². The van der Waals surface area contributed by atoms with Gasteiger partial charge in [-0.25, -0.2) is 0 Å². The van der Waals surface area contributed by atoms with Crippen molar-refractivity contribution in [3.63, 3.8) is 0 Å². The number of rotatable bonds is 6. The van der Waals surface area contributed by atoms with Crippen molar-refractivity contribution in [2.24, 2.45) is 62.6 Å². The number of carboxylic acids is 1. The SMILES string of the molecule is C=C(C)[C@@H]1CC[C@]2(C(=O)O)CC[C@]3(C)[C@H](CC[C@@H]4[C@@]5(C)CC=C(c6ccc(C(=O)NCC(C)C)cc6)C(C)(C)[C@@H]5CC[C@]43C)[C@@H]12. The highest BCUT2D eigenvalue weighted by atomic mass is 16.4. The molecule has 0 aliphatic heterocycles. The maximum absolute atomic E-state index is 13.0. The first-order valence-corrected chi connectivity index (χ1v) is 18.0. The van der Waals surface area contributed by atoms with Gasteiger partial charge in [0, 0.05) is 12.1 Å². The molecule has 0 aromatic heterocycles. The quantitative estimate of drug-likeness (QED) is 0.314. The van der Waals surface area contributed by atoms with Gasteiger partial charge in [0.1, 0.15) is 0 Å². The van der Waals surface area contributed by atoms with Gasteiger partial charge in [0.2, 0.25) is 0 Å². The monoisotopic (exact) mass is 613 g/mol. The third-order valence-corrected chi connectivity index (χ3v) is 15.2. The van der Waals surface area contributed by atoms with Crippen LogP contribution in [0.2, 0.25) is 0 Å². The fourth-order valence-electron chi connectivity index (χ4n) is 12.8. The normalized spacial score (nSPS) is 41.6. The lowest BCUT2D eigenvalue weighted by Crippen LogP contribution is -2.65. The second-order valence-electron chi connectivity index (χ2n) is 17.9. The van der Waals surface area contributed by atoms with E-state index < -0.39 is 11.4 Å². The molecule has 9 atom stereocenters. The summed E-state index contributed by atoms with van der Waals surface area (Å²) in [5.41, 5.74) is 4.61. The van der Waals surface area contributed by atoms with Crippen molar-refractivity contribution in [2.75, 3.05) is 6.54 Å². The standard InChI is InChI=1S/C41H59NO3/c1-25(2)24-42-35(43)28-12-10-27(11-13-28)30-17-19-38(7)32(37(30,5)6)18-20-40(9)33(38)15-14-31-34-29(26(3)4)16-21-41(34,36(44)45)23-22-39(31,40)8/h10-13,17,25,29,31-34H,3,14-16,18-24H2,1-2,4-9H3,(H,42,43)(H,44,45)/t29-,31+,32-,33+,34+,38-,39+,40+,41-/m0/s1. The van der Waals surface area contributed by atoms with Gasteiger partial charge in [-0.15, -0.1) is 0 Å². The molecule has 1 amide bonds. The molecule has 6 rings (SSSR count). The summed E-state index contributed by atoms with van der Waals surface area (Å²) in [6, 6.07) is 8.32. The summed E-state index contributed by atoms with van der Waals surface area (Å²) < 4.78 is 0. The van der Waals surface area contributed by atoms with E-state index in [0.717, 1.165) is 44.1 Å². The van der Waals surface area contributed by atoms with Crippen molar-refractivity contribution in [1.82, 2.24) is 5.32 Å². The molecule has 5 aliphatic carbocycles. The Labute approximate surface area is 272 Å². The van der Waals surface area contributed by atoms with Gasteiger partial charge in [0.05, 0.1) is 5.41 Å². The van der Waals surface area contributed by atoms with Crippen LogP contribution in [0.25, 0.3) is 5.57 Å². The minimum absolute atomic E-state index is 0.00542. The molecule has 0 bridgehead atoms. The molecule has 1 aromatic carbocycles. The van der Waals surface area contributed by atoms with Gasteiger partial charge in [0.15, 0.2) is 0 Å². The first-order valence-electron chi connectivity index (χ1n) is 18.0. The van der Waals surface area contributed by atoms with Crippen LogP contribution in [0.3, 0.4) is 0 Å². The van der Waals surface area contributed by atoms with Crippen LogP contribution >= 0.6 is 0 Å². The number of carbonyl (C=O) groups excluding carboxylic acids is 1. The lowest BCUT2D eigenvalue weighted by molar-refractivity contribution is -0.227. The molecule has 4 nitrogen and oxygen atoms in total. The molecular weight excluding hydrogens is 554 g/mol. The summed E-state index contributed by atoms with van der Waals surface area (Å²) in [7, 11) is 0. The summed E-state index contributed by atoms with van der Waals surface area (Å²) >= 11 is 0. The average molecular weight is 614 g/mol. The van der Waals surface area contributed by atoms with Gasteiger partial charge < -0.3 is 10.4 Å². The third-order valence-electron chi connectivity index (χ3n) is 15.2. The van der Waals surface area contributed by atoms with Gasteiger partial charge in [0.25, 0.3) is 5.91 Å². The number of aliphatic carboxylic acids is 1. The van der Waals surface area contributed by atoms with Gasteiger partial charge >= 0.3 is 5.97 Å². The van der Waals surface area contributed by atoms with Crippen molar-refractivity contribution in [2.45, 2.75) is 113 Å². The highest BCUT2D eigenvalue weighted by Gasteiger charge is 2.71. The molecule has 4 saturated carbocycles. The fraction of sp³-hybridized carbons (Fsp3) is 0.707. The largest absolute Gasteiger partial charge is 0.481 e. The van der Waals surface area contributed by atoms with Crippen LogP contribution in [0.4, 0.5) is 0 Å². The average Bonchev–Trinajstić information content (AvgIpc) is 3.38. The molecule has 0 radical (unpaired) electrons. The number of nitrogens with one attached hydrogen (secondary N) is 1. The van der Waals surface area contributed by atoms with Crippen molar-refractivity contribution >= 4 is 17.4 Å². The van der Waals surface area contributed by atoms with E-state index in [1.54, 1.807) is 0 Å². The molecule has 2 N–H and O–H groups in total. The molecular formula is C41H59NO3. The van der Waals surface area contributed by atoms with E-state index in [0.29, 0.717) is 36.1 Å². The van der Waals surface area contributed by atoms with Crippen molar-refractivity contribution in [1.29, 1.82) is 0 Å². The number of hydrogen-bond donors (Lipinski definition) is 2. The van der Waals surface area contributed by atoms with Crippen molar-refractivity contribution in [3.8, 4) is 0 Å². The topological polar surface area (TPSA) is 66.4 Å². The summed E-state index contributed by atoms with van der Waals surface area (Å²) in [6.45, 7) is 24.2. The Bertz CT molecular complexity index is 1400. The number of carbonyl (C=O) groups is 2. The number of allylic oxidation sites excluding steroid dienone is 3. The Hall–Kier alpha value is -2.36. The van der Waals surface area contributed by atoms with E-state index in [-0.39, 0.29) is 33.5 Å². The number of benzene rings is 1. The summed E-state index contributed by atoms with van der Waals surface area (Å²) in [5.74, 6) is 2.10. The third kappa shape index (κ3) is 4.57. The van der Waals surface area contributed by atoms with Crippen LogP contribution in [0.15, 0.2) is 42.5 Å². The summed E-state index contributed by atoms with van der Waals surface area (Å²) in [5, 5.41) is 13.7. The first-order chi connectivity index (χ1) is 21.0. The molecule has 246 valence electrons. The minimum Gasteiger partial charge on any atom is -0.481 e. The highest BCUT2D eigenvalue weighted by Crippen LogP contribution is 2.77. The lowest BCUT2D eigenvalue weighted by atomic mass is 9.32. The Balaban J connectivity index is 1.30. The highest BCUT2D eigenvalue weighted by molar-refractivity contribution is 5.94. The van der Waals surface area contributed by atoms with Crippen LogP contribution in [-0.2, 0) is 4.79 Å². The maximum Gasteiger partial charge on any atom is 0.309 e. The Morgan fingerprint density at radius 1 is 0.911 bits per heavy atom. The van der Waals surface area contributed by atoms with E-state index in [9.17, 15) is 14.7 Å². The Morgan fingerprint density at radius 2 is 1.60 bits per heavy atom. The van der Waals surface area contributed by atoms with Gasteiger partial charge in [-0.2, -0.15) is 0 Å². The number of carboxylic acid groups (broad SMARTS) is 1. The van der Waals surface area contributed by atoms with E-state index in [1.165, 1.54) is 36.0 Å². The first kappa shape index (κ1) is 32.6. The van der Waals surface area contributed by atoms with E-state index >= 15 is 0 Å². The molecule has 45 heavy (non-hydrogen) atoms. The number of hydrogen-bond acceptors (Lipinski definition) is 2. The van der Waals surface area contributed by atoms with E-state index in [4.69, 9.17) is 0 Å². The molecule has 5 aliphatic rings. The number of fused-ring (bicyclic) bond motifs is 7. The van der Waals surface area contributed by atoms with E-state index in [2.05, 4.69) is 85.5 Å². The van der Waals surface area contributed by atoms with Crippen LogP contribution in [0.5, 0.6) is 0 Å². The Kier molecular flexibility index (Phi) is 7.85. The zero-order valence-corrected chi connectivity index (χ0v) is 29.4. The fourth-order valence-corrected chi connectivity index (χ4v) is 12.8. The van der Waals surface area contributed by atoms with Crippen LogP contribution in [0, 0.1) is 62.6 Å². The molecule has 0 saturated heterocycles. The smallest absolute Gasteiger partial charge is 0.309 e.